The van der Waals surface area contributed by atoms with E-state index in [4.69, 9.17) is 4.74 Å². The summed E-state index contributed by atoms with van der Waals surface area (Å²) in [5.74, 6) is 1.55. The van der Waals surface area contributed by atoms with E-state index in [2.05, 4.69) is 45.1 Å². The molecule has 0 radical (unpaired) electrons. The highest BCUT2D eigenvalue weighted by molar-refractivity contribution is 5.26. The molecular weight excluding hydrogens is 210 g/mol. The molecule has 0 saturated carbocycles. The summed E-state index contributed by atoms with van der Waals surface area (Å²) in [6.45, 7) is 10.5. The molecule has 2 heteroatoms. The normalized spacial score (nSPS) is 12.8. The minimum absolute atomic E-state index is 0.427. The monoisotopic (exact) mass is 235 g/mol. The van der Waals surface area contributed by atoms with Gasteiger partial charge >= 0.3 is 0 Å². The molecular formula is C15H25NO. The van der Waals surface area contributed by atoms with E-state index in [0.29, 0.717) is 12.0 Å². The van der Waals surface area contributed by atoms with Gasteiger partial charge in [-0.1, -0.05) is 38.5 Å². The van der Waals surface area contributed by atoms with Crippen molar-refractivity contribution in [2.24, 2.45) is 5.92 Å². The molecule has 2 nitrogen and oxygen atoms in total. The number of aryl methyl sites for hydroxylation is 1. The van der Waals surface area contributed by atoms with Gasteiger partial charge in [-0.05, 0) is 37.9 Å². The second-order valence-corrected chi connectivity index (χ2v) is 4.93. The lowest BCUT2D eigenvalue weighted by molar-refractivity contribution is 0.230. The van der Waals surface area contributed by atoms with Gasteiger partial charge in [0.25, 0.3) is 0 Å². The van der Waals surface area contributed by atoms with Gasteiger partial charge in [0, 0.05) is 6.04 Å². The molecule has 0 aliphatic heterocycles. The molecule has 17 heavy (non-hydrogen) atoms. The van der Waals surface area contributed by atoms with Crippen LogP contribution in [0.2, 0.25) is 0 Å². The van der Waals surface area contributed by atoms with Gasteiger partial charge in [-0.15, -0.1) is 0 Å². The van der Waals surface area contributed by atoms with E-state index in [1.807, 2.05) is 12.1 Å². The number of nitrogens with one attached hydrogen (secondary N) is 1. The van der Waals surface area contributed by atoms with Gasteiger partial charge in [0.1, 0.15) is 12.4 Å². The fourth-order valence-corrected chi connectivity index (χ4v) is 1.64. The van der Waals surface area contributed by atoms with Crippen LogP contribution in [0, 0.1) is 12.8 Å². The molecule has 1 unspecified atom stereocenters. The van der Waals surface area contributed by atoms with Crippen molar-refractivity contribution in [2.45, 2.75) is 40.2 Å². The van der Waals surface area contributed by atoms with Crippen LogP contribution in [0.25, 0.3) is 0 Å². The maximum atomic E-state index is 5.82. The lowest BCUT2D eigenvalue weighted by atomic mass is 10.1. The fourth-order valence-electron chi connectivity index (χ4n) is 1.64. The van der Waals surface area contributed by atoms with E-state index < -0.39 is 0 Å². The second-order valence-electron chi connectivity index (χ2n) is 4.93. The average molecular weight is 235 g/mol. The molecule has 96 valence electrons. The molecule has 1 N–H and O–H groups in total. The maximum absolute atomic E-state index is 5.82. The van der Waals surface area contributed by atoms with Gasteiger partial charge in [0.05, 0.1) is 0 Å². The van der Waals surface area contributed by atoms with E-state index in [9.17, 15) is 0 Å². The highest BCUT2D eigenvalue weighted by Gasteiger charge is 2.12. The molecule has 0 aliphatic carbocycles. The van der Waals surface area contributed by atoms with Gasteiger partial charge in [-0.3, -0.25) is 0 Å². The third-order valence-electron chi connectivity index (χ3n) is 2.91. The van der Waals surface area contributed by atoms with E-state index in [1.165, 1.54) is 5.56 Å². The van der Waals surface area contributed by atoms with Crippen molar-refractivity contribution in [3.05, 3.63) is 29.8 Å². The van der Waals surface area contributed by atoms with Gasteiger partial charge in [-0.2, -0.15) is 0 Å². The Kier molecular flexibility index (Phi) is 6.06. The second kappa shape index (κ2) is 7.33. The highest BCUT2D eigenvalue weighted by atomic mass is 16.5. The van der Waals surface area contributed by atoms with Gasteiger partial charge in [0.2, 0.25) is 0 Å². The minimum Gasteiger partial charge on any atom is -0.492 e. The summed E-state index contributed by atoms with van der Waals surface area (Å²) < 4.78 is 5.82. The Bertz CT molecular complexity index is 305. The molecule has 0 heterocycles. The van der Waals surface area contributed by atoms with Crippen LogP contribution in [0.3, 0.4) is 0 Å². The molecule has 1 aromatic rings. The quantitative estimate of drug-likeness (QED) is 0.782. The standard InChI is InChI=1S/C15H25NO/c1-5-10-16-15(12(2)3)11-17-14-8-6-13(4)7-9-14/h6-9,12,15-16H,5,10-11H2,1-4H3. The summed E-state index contributed by atoms with van der Waals surface area (Å²) in [6, 6.07) is 8.66. The molecule has 0 spiro atoms. The lowest BCUT2D eigenvalue weighted by Crippen LogP contribution is -2.39. The summed E-state index contributed by atoms with van der Waals surface area (Å²) in [7, 11) is 0. The molecule has 1 atom stereocenters. The largest absolute Gasteiger partial charge is 0.492 e. The van der Waals surface area contributed by atoms with Gasteiger partial charge < -0.3 is 10.1 Å². The van der Waals surface area contributed by atoms with Crippen molar-refractivity contribution in [2.75, 3.05) is 13.2 Å². The Labute approximate surface area is 105 Å². The lowest BCUT2D eigenvalue weighted by Gasteiger charge is -2.22. The van der Waals surface area contributed by atoms with Crippen LogP contribution in [0.1, 0.15) is 32.8 Å². The summed E-state index contributed by atoms with van der Waals surface area (Å²) in [6.07, 6.45) is 1.16. The van der Waals surface area contributed by atoms with Crippen molar-refractivity contribution >= 4 is 0 Å². The van der Waals surface area contributed by atoms with Crippen LogP contribution >= 0.6 is 0 Å². The van der Waals surface area contributed by atoms with Crippen molar-refractivity contribution in [1.82, 2.24) is 5.32 Å². The topological polar surface area (TPSA) is 21.3 Å². The number of hydrogen-bond donors (Lipinski definition) is 1. The van der Waals surface area contributed by atoms with Crippen molar-refractivity contribution in [3.8, 4) is 5.75 Å². The SMILES string of the molecule is CCCNC(COc1ccc(C)cc1)C(C)C. The third-order valence-corrected chi connectivity index (χ3v) is 2.91. The van der Waals surface area contributed by atoms with Gasteiger partial charge in [-0.25, -0.2) is 0 Å². The summed E-state index contributed by atoms with van der Waals surface area (Å²) in [5, 5.41) is 3.53. The first-order valence-corrected chi connectivity index (χ1v) is 6.56. The zero-order valence-corrected chi connectivity index (χ0v) is 11.5. The van der Waals surface area contributed by atoms with E-state index in [1.54, 1.807) is 0 Å². The Morgan fingerprint density at radius 2 is 1.82 bits per heavy atom. The molecule has 0 bridgehead atoms. The smallest absolute Gasteiger partial charge is 0.119 e. The molecule has 0 fully saturated rings. The van der Waals surface area contributed by atoms with Crippen molar-refractivity contribution < 1.29 is 4.74 Å². The highest BCUT2D eigenvalue weighted by Crippen LogP contribution is 2.13. The zero-order chi connectivity index (χ0) is 12.7. The van der Waals surface area contributed by atoms with E-state index in [0.717, 1.165) is 25.3 Å². The summed E-state index contributed by atoms with van der Waals surface area (Å²) >= 11 is 0. The predicted octanol–water partition coefficient (Wildman–Crippen LogP) is 3.40. The summed E-state index contributed by atoms with van der Waals surface area (Å²) in [5.41, 5.74) is 1.27. The zero-order valence-electron chi connectivity index (χ0n) is 11.5. The Morgan fingerprint density at radius 1 is 1.18 bits per heavy atom. The molecule has 0 amide bonds. The van der Waals surface area contributed by atoms with Crippen molar-refractivity contribution in [3.63, 3.8) is 0 Å². The summed E-state index contributed by atoms with van der Waals surface area (Å²) in [4.78, 5) is 0. The molecule has 1 aromatic carbocycles. The molecule has 0 saturated heterocycles. The molecule has 0 aromatic heterocycles. The minimum atomic E-state index is 0.427. The van der Waals surface area contributed by atoms with Gasteiger partial charge in [0.15, 0.2) is 0 Å². The van der Waals surface area contributed by atoms with Crippen LogP contribution in [0.15, 0.2) is 24.3 Å². The van der Waals surface area contributed by atoms with E-state index in [-0.39, 0.29) is 0 Å². The fraction of sp³-hybridized carbons (Fsp3) is 0.600. The Morgan fingerprint density at radius 3 is 2.35 bits per heavy atom. The first-order chi connectivity index (χ1) is 8.13. The van der Waals surface area contributed by atoms with Crippen molar-refractivity contribution in [1.29, 1.82) is 0 Å². The van der Waals surface area contributed by atoms with E-state index >= 15 is 0 Å². The van der Waals surface area contributed by atoms with Crippen LogP contribution in [0.4, 0.5) is 0 Å². The van der Waals surface area contributed by atoms with Crippen LogP contribution in [0.5, 0.6) is 5.75 Å². The number of hydrogen-bond acceptors (Lipinski definition) is 2. The molecule has 0 aliphatic rings. The number of ether oxygens (including phenoxy) is 1. The predicted molar refractivity (Wildman–Crippen MR) is 73.6 cm³/mol. The third kappa shape index (κ3) is 5.22. The van der Waals surface area contributed by atoms with Crippen LogP contribution < -0.4 is 10.1 Å². The van der Waals surface area contributed by atoms with Crippen LogP contribution in [-0.4, -0.2) is 19.2 Å². The Hall–Kier alpha value is -1.02. The first kappa shape index (κ1) is 14.0. The first-order valence-electron chi connectivity index (χ1n) is 6.56. The maximum Gasteiger partial charge on any atom is 0.119 e. The van der Waals surface area contributed by atoms with Crippen LogP contribution in [-0.2, 0) is 0 Å². The number of benzene rings is 1. The number of rotatable bonds is 7. The molecule has 1 rings (SSSR count). The Balaban J connectivity index is 2.43. The average Bonchev–Trinajstić information content (AvgIpc) is 2.31.